The first-order valence-corrected chi connectivity index (χ1v) is 12.1. The fourth-order valence-electron chi connectivity index (χ4n) is 3.82. The Balaban J connectivity index is 1.80. The molecule has 0 aliphatic heterocycles. The van der Waals surface area contributed by atoms with Crippen molar-refractivity contribution in [1.82, 2.24) is 0 Å². The normalized spacial score (nSPS) is 12.2. The average molecular weight is 407 g/mol. The number of aryl methyl sites for hydroxylation is 4. The zero-order valence-corrected chi connectivity index (χ0v) is 18.8. The molecule has 1 unspecified atom stereocenters. The Bertz CT molecular complexity index is 951. The molecule has 0 bridgehead atoms. The molecule has 0 spiro atoms. The van der Waals surface area contributed by atoms with Crippen molar-refractivity contribution < 1.29 is 10.00 Å². The minimum atomic E-state index is -0.845. The highest BCUT2D eigenvalue weighted by molar-refractivity contribution is 7.50. The van der Waals surface area contributed by atoms with Crippen molar-refractivity contribution in [2.24, 2.45) is 0 Å². The second kappa shape index (κ2) is 9.57. The van der Waals surface area contributed by atoms with Crippen LogP contribution in [0.1, 0.15) is 44.5 Å². The molecule has 2 nitrogen and oxygen atoms in total. The third-order valence-electron chi connectivity index (χ3n) is 5.52. The second-order valence-corrected chi connectivity index (χ2v) is 9.90. The molecule has 3 heteroatoms. The molecule has 0 fully saturated rings. The van der Waals surface area contributed by atoms with Crippen molar-refractivity contribution in [3.63, 3.8) is 0 Å². The number of aromatic hydroxyl groups is 1. The standard InChI is InChI=1S/C26H31O2P/c1-18-5-7-21(8-6-18)15-24-16-22(9-10-26(24)27)17-25-19(2)13-23(14-20(25)3)11-12-29(4)28/h5-10,13-14,16,27-28H,11-12,15,17H2,1-4H3. The summed E-state index contributed by atoms with van der Waals surface area (Å²) in [6.45, 7) is 8.34. The van der Waals surface area contributed by atoms with Gasteiger partial charge in [-0.1, -0.05) is 54.1 Å². The lowest BCUT2D eigenvalue weighted by Gasteiger charge is -2.15. The van der Waals surface area contributed by atoms with Gasteiger partial charge in [0.05, 0.1) is 0 Å². The highest BCUT2D eigenvalue weighted by Gasteiger charge is 2.10. The van der Waals surface area contributed by atoms with E-state index in [9.17, 15) is 10.00 Å². The molecule has 3 aromatic carbocycles. The average Bonchev–Trinajstić information content (AvgIpc) is 2.67. The van der Waals surface area contributed by atoms with Crippen molar-refractivity contribution in [2.75, 3.05) is 12.8 Å². The Labute approximate surface area is 176 Å². The van der Waals surface area contributed by atoms with Crippen LogP contribution in [0.5, 0.6) is 5.75 Å². The Hall–Kier alpha value is -2.15. The highest BCUT2D eigenvalue weighted by atomic mass is 31.1. The molecule has 3 rings (SSSR count). The van der Waals surface area contributed by atoms with E-state index in [4.69, 9.17) is 0 Å². The van der Waals surface area contributed by atoms with E-state index in [2.05, 4.69) is 63.2 Å². The van der Waals surface area contributed by atoms with Crippen LogP contribution < -0.4 is 0 Å². The molecule has 0 amide bonds. The maximum Gasteiger partial charge on any atom is 0.119 e. The Kier molecular flexibility index (Phi) is 7.11. The molecule has 0 heterocycles. The van der Waals surface area contributed by atoms with E-state index in [1.54, 1.807) is 0 Å². The molecule has 1 atom stereocenters. The van der Waals surface area contributed by atoms with Gasteiger partial charge in [0.1, 0.15) is 5.75 Å². The fourth-order valence-corrected chi connectivity index (χ4v) is 4.40. The summed E-state index contributed by atoms with van der Waals surface area (Å²) in [5.74, 6) is 0.359. The smallest absolute Gasteiger partial charge is 0.119 e. The molecule has 0 aromatic heterocycles. The summed E-state index contributed by atoms with van der Waals surface area (Å²) >= 11 is 0. The first-order valence-electron chi connectivity index (χ1n) is 10.2. The molecule has 29 heavy (non-hydrogen) atoms. The lowest BCUT2D eigenvalue weighted by molar-refractivity contribution is 0.469. The van der Waals surface area contributed by atoms with Gasteiger partial charge in [-0.25, -0.2) is 0 Å². The molecule has 3 aromatic rings. The van der Waals surface area contributed by atoms with Crippen LogP contribution >= 0.6 is 8.15 Å². The van der Waals surface area contributed by atoms with Gasteiger partial charge >= 0.3 is 0 Å². The van der Waals surface area contributed by atoms with Crippen LogP contribution in [0.3, 0.4) is 0 Å². The first kappa shape index (κ1) is 21.6. The maximum absolute atomic E-state index is 10.3. The summed E-state index contributed by atoms with van der Waals surface area (Å²) in [6.07, 6.45) is 3.38. The van der Waals surface area contributed by atoms with Crippen molar-refractivity contribution in [1.29, 1.82) is 0 Å². The van der Waals surface area contributed by atoms with Crippen LogP contribution in [0.15, 0.2) is 54.6 Å². The van der Waals surface area contributed by atoms with Gasteiger partial charge in [-0.05, 0) is 91.5 Å². The monoisotopic (exact) mass is 406 g/mol. The molecular weight excluding hydrogens is 375 g/mol. The van der Waals surface area contributed by atoms with Crippen LogP contribution in [0.25, 0.3) is 0 Å². The van der Waals surface area contributed by atoms with E-state index in [1.807, 2.05) is 18.8 Å². The van der Waals surface area contributed by atoms with Crippen LogP contribution in [-0.4, -0.2) is 22.8 Å². The molecule has 0 radical (unpaired) electrons. The van der Waals surface area contributed by atoms with E-state index in [0.717, 1.165) is 31.0 Å². The third-order valence-corrected chi connectivity index (χ3v) is 6.39. The summed E-state index contributed by atoms with van der Waals surface area (Å²) in [4.78, 5) is 9.61. The zero-order valence-electron chi connectivity index (χ0n) is 17.9. The highest BCUT2D eigenvalue weighted by Crippen LogP contribution is 2.28. The maximum atomic E-state index is 10.3. The van der Waals surface area contributed by atoms with Crippen molar-refractivity contribution >= 4 is 8.15 Å². The van der Waals surface area contributed by atoms with Gasteiger partial charge in [0.2, 0.25) is 0 Å². The topological polar surface area (TPSA) is 40.5 Å². The van der Waals surface area contributed by atoms with Gasteiger partial charge in [-0.2, -0.15) is 0 Å². The third kappa shape index (κ3) is 5.92. The molecular formula is C26H31O2P. The minimum Gasteiger partial charge on any atom is -0.508 e. The molecule has 2 N–H and O–H groups in total. The van der Waals surface area contributed by atoms with E-state index in [0.29, 0.717) is 5.75 Å². The number of rotatable bonds is 7. The summed E-state index contributed by atoms with van der Waals surface area (Å²) in [6, 6.07) is 19.0. The fraction of sp³-hybridized carbons (Fsp3) is 0.308. The van der Waals surface area contributed by atoms with Crippen molar-refractivity contribution in [2.45, 2.75) is 40.0 Å². The minimum absolute atomic E-state index is 0.359. The van der Waals surface area contributed by atoms with Gasteiger partial charge in [0.25, 0.3) is 0 Å². The Morgan fingerprint density at radius 2 is 1.38 bits per heavy atom. The summed E-state index contributed by atoms with van der Waals surface area (Å²) in [5.41, 5.74) is 9.89. The number of benzene rings is 3. The van der Waals surface area contributed by atoms with E-state index in [-0.39, 0.29) is 0 Å². The van der Waals surface area contributed by atoms with E-state index < -0.39 is 8.15 Å². The SMILES string of the molecule is Cc1ccc(Cc2cc(Cc3c(C)cc(CCP(C)O)cc3C)ccc2O)cc1. The predicted octanol–water partition coefficient (Wildman–Crippen LogP) is 6.06. The largest absolute Gasteiger partial charge is 0.508 e. The number of hydrogen-bond donors (Lipinski definition) is 2. The van der Waals surface area contributed by atoms with Gasteiger partial charge in [0, 0.05) is 14.6 Å². The summed E-state index contributed by atoms with van der Waals surface area (Å²) < 4.78 is 0. The number of hydrogen-bond acceptors (Lipinski definition) is 2. The molecule has 0 saturated carbocycles. The quantitative estimate of drug-likeness (QED) is 0.468. The van der Waals surface area contributed by atoms with E-state index in [1.165, 1.54) is 38.9 Å². The summed E-state index contributed by atoms with van der Waals surface area (Å²) in [5, 5.41) is 10.3. The Morgan fingerprint density at radius 3 is 2.00 bits per heavy atom. The van der Waals surface area contributed by atoms with Gasteiger partial charge in [-0.15, -0.1) is 0 Å². The Morgan fingerprint density at radius 1 is 0.759 bits per heavy atom. The first-order chi connectivity index (χ1) is 13.8. The predicted molar refractivity (Wildman–Crippen MR) is 124 cm³/mol. The molecule has 0 aliphatic carbocycles. The summed E-state index contributed by atoms with van der Waals surface area (Å²) in [7, 11) is -0.845. The lowest BCUT2D eigenvalue weighted by Crippen LogP contribution is -2.00. The second-order valence-electron chi connectivity index (χ2n) is 8.14. The zero-order chi connectivity index (χ0) is 21.0. The van der Waals surface area contributed by atoms with E-state index >= 15 is 0 Å². The van der Waals surface area contributed by atoms with Crippen LogP contribution in [-0.2, 0) is 19.3 Å². The van der Waals surface area contributed by atoms with Gasteiger partial charge in [-0.3, -0.25) is 0 Å². The van der Waals surface area contributed by atoms with Gasteiger partial charge < -0.3 is 10.00 Å². The number of phenolic OH excluding ortho intramolecular Hbond substituents is 1. The molecule has 0 aliphatic rings. The lowest BCUT2D eigenvalue weighted by atomic mass is 9.92. The van der Waals surface area contributed by atoms with Crippen LogP contribution in [0.4, 0.5) is 0 Å². The van der Waals surface area contributed by atoms with Crippen LogP contribution in [0, 0.1) is 20.8 Å². The number of phenols is 1. The van der Waals surface area contributed by atoms with Crippen molar-refractivity contribution in [3.8, 4) is 5.75 Å². The van der Waals surface area contributed by atoms with Crippen molar-refractivity contribution in [3.05, 3.63) is 99.1 Å². The van der Waals surface area contributed by atoms with Crippen LogP contribution in [0.2, 0.25) is 0 Å². The molecule has 152 valence electrons. The van der Waals surface area contributed by atoms with Gasteiger partial charge in [0.15, 0.2) is 0 Å². The molecule has 0 saturated heterocycles.